The van der Waals surface area contributed by atoms with Gasteiger partial charge in [-0.25, -0.2) is 0 Å². The number of para-hydroxylation sites is 1. The molecule has 0 amide bonds. The Morgan fingerprint density at radius 3 is 2.78 bits per heavy atom. The minimum Gasteiger partial charge on any atom is -0.372 e. The van der Waals surface area contributed by atoms with Crippen LogP contribution >= 0.6 is 11.6 Å². The maximum absolute atomic E-state index is 11.0. The van der Waals surface area contributed by atoms with Gasteiger partial charge in [0.2, 0.25) is 0 Å². The smallest absolute Gasteiger partial charge is 0.293 e. The third kappa shape index (κ3) is 2.42. The molecule has 1 aliphatic rings. The van der Waals surface area contributed by atoms with E-state index in [4.69, 9.17) is 17.3 Å². The third-order valence-corrected chi connectivity index (χ3v) is 3.82. The van der Waals surface area contributed by atoms with Crippen molar-refractivity contribution in [3.8, 4) is 0 Å². The van der Waals surface area contributed by atoms with E-state index in [1.807, 2.05) is 6.92 Å². The van der Waals surface area contributed by atoms with E-state index in [1.165, 1.54) is 6.07 Å². The molecule has 5 nitrogen and oxygen atoms in total. The number of nitrogens with two attached hydrogens (primary N) is 1. The highest BCUT2D eigenvalue weighted by Gasteiger charge is 2.41. The number of halogens is 1. The summed E-state index contributed by atoms with van der Waals surface area (Å²) in [6, 6.07) is 4.65. The van der Waals surface area contributed by atoms with Crippen LogP contribution in [0.1, 0.15) is 19.8 Å². The largest absolute Gasteiger partial charge is 0.372 e. The molecule has 6 heteroatoms. The van der Waals surface area contributed by atoms with Gasteiger partial charge in [0.05, 0.1) is 9.95 Å². The topological polar surface area (TPSA) is 81.2 Å². The first-order valence-electron chi connectivity index (χ1n) is 5.89. The van der Waals surface area contributed by atoms with Crippen molar-refractivity contribution in [3.05, 3.63) is 33.3 Å². The van der Waals surface area contributed by atoms with Crippen LogP contribution in [0.25, 0.3) is 0 Å². The highest BCUT2D eigenvalue weighted by atomic mass is 35.5. The minimum absolute atomic E-state index is 0.0113. The zero-order valence-electron chi connectivity index (χ0n) is 10.1. The van der Waals surface area contributed by atoms with Gasteiger partial charge in [0.25, 0.3) is 5.69 Å². The van der Waals surface area contributed by atoms with Gasteiger partial charge in [0, 0.05) is 18.2 Å². The molecule has 0 saturated heterocycles. The van der Waals surface area contributed by atoms with Crippen LogP contribution in [-0.4, -0.2) is 17.0 Å². The summed E-state index contributed by atoms with van der Waals surface area (Å²) in [5.74, 6) is 0.457. The van der Waals surface area contributed by atoms with Crippen molar-refractivity contribution in [1.82, 2.24) is 0 Å². The molecule has 0 radical (unpaired) electrons. The lowest BCUT2D eigenvalue weighted by atomic mass is 9.95. The van der Waals surface area contributed by atoms with E-state index in [2.05, 4.69) is 5.32 Å². The number of benzene rings is 1. The van der Waals surface area contributed by atoms with Crippen LogP contribution in [0.5, 0.6) is 0 Å². The van der Waals surface area contributed by atoms with Crippen molar-refractivity contribution in [3.63, 3.8) is 0 Å². The Hall–Kier alpha value is -1.33. The van der Waals surface area contributed by atoms with E-state index in [0.717, 1.165) is 12.8 Å². The summed E-state index contributed by atoms with van der Waals surface area (Å²) in [6.45, 7) is 2.40. The second-order valence-electron chi connectivity index (χ2n) is 4.91. The van der Waals surface area contributed by atoms with Crippen LogP contribution in [0.4, 0.5) is 11.4 Å². The lowest BCUT2D eigenvalue weighted by Crippen LogP contribution is -2.44. The molecule has 18 heavy (non-hydrogen) atoms. The van der Waals surface area contributed by atoms with Gasteiger partial charge in [-0.05, 0) is 31.7 Å². The van der Waals surface area contributed by atoms with Gasteiger partial charge in [-0.1, -0.05) is 17.7 Å². The highest BCUT2D eigenvalue weighted by molar-refractivity contribution is 6.33. The van der Waals surface area contributed by atoms with E-state index in [9.17, 15) is 10.1 Å². The molecule has 0 aromatic heterocycles. The molecular formula is C12H16ClN3O2. The van der Waals surface area contributed by atoms with E-state index < -0.39 is 4.92 Å². The van der Waals surface area contributed by atoms with Crippen LogP contribution in [0.15, 0.2) is 18.2 Å². The second kappa shape index (κ2) is 4.74. The Bertz CT molecular complexity index is 476. The van der Waals surface area contributed by atoms with Gasteiger partial charge >= 0.3 is 0 Å². The Morgan fingerprint density at radius 2 is 2.28 bits per heavy atom. The first kappa shape index (κ1) is 13.1. The monoisotopic (exact) mass is 269 g/mol. The van der Waals surface area contributed by atoms with Crippen LogP contribution in [0.2, 0.25) is 5.02 Å². The zero-order valence-corrected chi connectivity index (χ0v) is 10.9. The molecular weight excluding hydrogens is 254 g/mol. The molecule has 0 bridgehead atoms. The van der Waals surface area contributed by atoms with Crippen LogP contribution in [0, 0.1) is 16.0 Å². The molecule has 2 rings (SSSR count). The third-order valence-electron chi connectivity index (χ3n) is 3.50. The van der Waals surface area contributed by atoms with Crippen molar-refractivity contribution < 1.29 is 4.92 Å². The number of nitro benzene ring substituents is 1. The maximum Gasteiger partial charge on any atom is 0.293 e. The molecule has 0 aliphatic heterocycles. The van der Waals surface area contributed by atoms with Crippen LogP contribution in [0.3, 0.4) is 0 Å². The van der Waals surface area contributed by atoms with Crippen molar-refractivity contribution in [2.45, 2.75) is 25.3 Å². The van der Waals surface area contributed by atoms with Crippen molar-refractivity contribution in [2.75, 3.05) is 11.9 Å². The Labute approximate surface area is 110 Å². The summed E-state index contributed by atoms with van der Waals surface area (Å²) in [5.41, 5.74) is 5.81. The molecule has 0 heterocycles. The Balaban J connectivity index is 2.35. The Kier molecular flexibility index (Phi) is 3.45. The molecule has 1 aliphatic carbocycles. The van der Waals surface area contributed by atoms with E-state index in [1.54, 1.807) is 12.1 Å². The predicted octanol–water partition coefficient (Wildman–Crippen LogP) is 2.79. The van der Waals surface area contributed by atoms with Crippen molar-refractivity contribution in [1.29, 1.82) is 0 Å². The fraction of sp³-hybridized carbons (Fsp3) is 0.500. The number of nitro groups is 1. The van der Waals surface area contributed by atoms with Gasteiger partial charge < -0.3 is 11.1 Å². The van der Waals surface area contributed by atoms with Gasteiger partial charge in [0.15, 0.2) is 0 Å². The van der Waals surface area contributed by atoms with E-state index >= 15 is 0 Å². The molecule has 1 aromatic rings. The normalized spacial score (nSPS) is 18.2. The summed E-state index contributed by atoms with van der Waals surface area (Å²) in [5, 5.41) is 14.5. The number of hydrogen-bond acceptors (Lipinski definition) is 4. The maximum atomic E-state index is 11.0. The summed E-state index contributed by atoms with van der Waals surface area (Å²) in [7, 11) is 0. The minimum atomic E-state index is -0.432. The highest BCUT2D eigenvalue weighted by Crippen LogP contribution is 2.43. The predicted molar refractivity (Wildman–Crippen MR) is 71.9 cm³/mol. The number of nitrogens with zero attached hydrogens (tertiary/aromatic N) is 1. The second-order valence-corrected chi connectivity index (χ2v) is 5.32. The van der Waals surface area contributed by atoms with E-state index in [-0.39, 0.29) is 11.2 Å². The summed E-state index contributed by atoms with van der Waals surface area (Å²) in [4.78, 5) is 10.6. The first-order valence-corrected chi connectivity index (χ1v) is 6.27. The standard InChI is InChI=1S/C12H16ClN3O2/c1-12(7-14,8-5-6-8)15-11-9(13)3-2-4-10(11)16(17)18/h2-4,8,15H,5-7,14H2,1H3. The van der Waals surface area contributed by atoms with Crippen LogP contribution in [-0.2, 0) is 0 Å². The average Bonchev–Trinajstić information content (AvgIpc) is 3.15. The fourth-order valence-corrected chi connectivity index (χ4v) is 2.33. The molecule has 1 fully saturated rings. The summed E-state index contributed by atoms with van der Waals surface area (Å²) < 4.78 is 0. The molecule has 98 valence electrons. The molecule has 3 N–H and O–H groups in total. The van der Waals surface area contributed by atoms with Crippen molar-refractivity contribution >= 4 is 23.0 Å². The van der Waals surface area contributed by atoms with Crippen molar-refractivity contribution in [2.24, 2.45) is 11.7 Å². The lowest BCUT2D eigenvalue weighted by Gasteiger charge is -2.30. The number of hydrogen-bond donors (Lipinski definition) is 2. The van der Waals surface area contributed by atoms with Gasteiger partial charge in [-0.2, -0.15) is 0 Å². The quantitative estimate of drug-likeness (QED) is 0.636. The zero-order chi connectivity index (χ0) is 13.3. The molecule has 1 atom stereocenters. The summed E-state index contributed by atoms with van der Waals surface area (Å²) in [6.07, 6.45) is 2.19. The number of nitrogens with one attached hydrogen (secondary N) is 1. The lowest BCUT2D eigenvalue weighted by molar-refractivity contribution is -0.384. The molecule has 1 unspecified atom stereocenters. The molecule has 0 spiro atoms. The van der Waals surface area contributed by atoms with E-state index in [0.29, 0.717) is 23.2 Å². The summed E-state index contributed by atoms with van der Waals surface area (Å²) >= 11 is 6.05. The molecule has 1 aromatic carbocycles. The first-order chi connectivity index (χ1) is 8.48. The Morgan fingerprint density at radius 1 is 1.61 bits per heavy atom. The SMILES string of the molecule is CC(CN)(Nc1c(Cl)cccc1[N+](=O)[O-])C1CC1. The number of rotatable bonds is 5. The number of anilines is 1. The molecule has 1 saturated carbocycles. The fourth-order valence-electron chi connectivity index (χ4n) is 2.11. The van der Waals surface area contributed by atoms with Gasteiger partial charge in [-0.15, -0.1) is 0 Å². The van der Waals surface area contributed by atoms with Gasteiger partial charge in [-0.3, -0.25) is 10.1 Å². The average molecular weight is 270 g/mol. The van der Waals surface area contributed by atoms with Gasteiger partial charge in [0.1, 0.15) is 5.69 Å². The van der Waals surface area contributed by atoms with Crippen LogP contribution < -0.4 is 11.1 Å².